The van der Waals surface area contributed by atoms with Crippen LogP contribution in [-0.2, 0) is 27.7 Å². The molecule has 1 fully saturated rings. The number of carbonyl (C=O) groups excluding carboxylic acids is 1. The number of nitrogens with zero attached hydrogens (tertiary/aromatic N) is 2. The molecule has 1 heterocycles. The minimum absolute atomic E-state index is 0.0574. The maximum Gasteiger partial charge on any atom is 0.243 e. The summed E-state index contributed by atoms with van der Waals surface area (Å²) in [5.74, 6) is -0.0859. The molecule has 6 heteroatoms. The van der Waals surface area contributed by atoms with Gasteiger partial charge in [0.2, 0.25) is 15.9 Å². The first-order chi connectivity index (χ1) is 14.0. The third-order valence-corrected chi connectivity index (χ3v) is 8.13. The third-order valence-electron chi connectivity index (χ3n) is 6.23. The van der Waals surface area contributed by atoms with Crippen LogP contribution in [0.5, 0.6) is 0 Å². The zero-order chi connectivity index (χ0) is 20.4. The molecular formula is C23H28N2O3S. The Balaban J connectivity index is 1.43. The average molecular weight is 413 g/mol. The van der Waals surface area contributed by atoms with Crippen molar-refractivity contribution in [2.45, 2.75) is 43.4 Å². The van der Waals surface area contributed by atoms with Crippen LogP contribution in [0, 0.1) is 5.92 Å². The summed E-state index contributed by atoms with van der Waals surface area (Å²) in [6, 6.07) is 15.2. The Morgan fingerprint density at radius 1 is 0.966 bits per heavy atom. The number of aryl methyl sites for hydroxylation is 2. The molecule has 2 aliphatic rings. The Kier molecular flexibility index (Phi) is 5.74. The number of hydrogen-bond donors (Lipinski definition) is 0. The minimum atomic E-state index is -3.51. The number of benzene rings is 2. The van der Waals surface area contributed by atoms with Crippen LogP contribution in [0.15, 0.2) is 53.4 Å². The van der Waals surface area contributed by atoms with Gasteiger partial charge >= 0.3 is 0 Å². The van der Waals surface area contributed by atoms with E-state index < -0.39 is 10.0 Å². The Morgan fingerprint density at radius 3 is 2.31 bits per heavy atom. The topological polar surface area (TPSA) is 57.7 Å². The van der Waals surface area contributed by atoms with Gasteiger partial charge in [-0.1, -0.05) is 24.3 Å². The summed E-state index contributed by atoms with van der Waals surface area (Å²) in [5, 5.41) is 0. The predicted molar refractivity (Wildman–Crippen MR) is 114 cm³/mol. The number of fused-ring (bicyclic) bond motifs is 1. The molecule has 0 unspecified atom stereocenters. The number of para-hydroxylation sites is 1. The van der Waals surface area contributed by atoms with Gasteiger partial charge < -0.3 is 4.90 Å². The highest BCUT2D eigenvalue weighted by Crippen LogP contribution is 2.29. The van der Waals surface area contributed by atoms with E-state index in [9.17, 15) is 13.2 Å². The second kappa shape index (κ2) is 8.28. The molecule has 0 spiro atoms. The van der Waals surface area contributed by atoms with E-state index in [0.717, 1.165) is 24.9 Å². The SMILES string of the molecule is CN(C(=O)C1CCN(S(=O)(=O)c2ccc3c(c2)CCCC3)CC1)c1ccccc1. The molecule has 4 rings (SSSR count). The highest BCUT2D eigenvalue weighted by atomic mass is 32.2. The predicted octanol–water partition coefficient (Wildman–Crippen LogP) is 3.63. The van der Waals surface area contributed by atoms with E-state index in [1.54, 1.807) is 22.3 Å². The summed E-state index contributed by atoms with van der Waals surface area (Å²) in [6.07, 6.45) is 5.41. The lowest BCUT2D eigenvalue weighted by atomic mass is 9.92. The number of sulfonamides is 1. The van der Waals surface area contributed by atoms with Gasteiger partial charge in [-0.25, -0.2) is 8.42 Å². The van der Waals surface area contributed by atoms with Crippen molar-refractivity contribution in [2.24, 2.45) is 5.92 Å². The summed E-state index contributed by atoms with van der Waals surface area (Å²) in [7, 11) is -1.72. The monoisotopic (exact) mass is 412 g/mol. The summed E-state index contributed by atoms with van der Waals surface area (Å²) < 4.78 is 27.8. The molecule has 1 aliphatic carbocycles. The average Bonchev–Trinajstić information content (AvgIpc) is 2.78. The molecule has 5 nitrogen and oxygen atoms in total. The van der Waals surface area contributed by atoms with Gasteiger partial charge in [-0.3, -0.25) is 4.79 Å². The fourth-order valence-electron chi connectivity index (χ4n) is 4.42. The van der Waals surface area contributed by atoms with Crippen LogP contribution < -0.4 is 4.90 Å². The second-order valence-electron chi connectivity index (χ2n) is 8.05. The third kappa shape index (κ3) is 4.09. The molecule has 0 radical (unpaired) electrons. The summed E-state index contributed by atoms with van der Waals surface area (Å²) >= 11 is 0. The van der Waals surface area contributed by atoms with Gasteiger partial charge in [0.1, 0.15) is 0 Å². The maximum absolute atomic E-state index is 13.1. The fraction of sp³-hybridized carbons (Fsp3) is 0.435. The van der Waals surface area contributed by atoms with Gasteiger partial charge in [0.05, 0.1) is 4.90 Å². The van der Waals surface area contributed by atoms with Crippen molar-refractivity contribution in [3.63, 3.8) is 0 Å². The van der Waals surface area contributed by atoms with Gasteiger partial charge in [0.25, 0.3) is 0 Å². The van der Waals surface area contributed by atoms with Crippen LogP contribution in [0.2, 0.25) is 0 Å². The maximum atomic E-state index is 13.1. The molecule has 1 aliphatic heterocycles. The quantitative estimate of drug-likeness (QED) is 0.771. The van der Waals surface area contributed by atoms with Crippen LogP contribution in [0.3, 0.4) is 0 Å². The number of hydrogen-bond acceptors (Lipinski definition) is 3. The zero-order valence-electron chi connectivity index (χ0n) is 16.9. The van der Waals surface area contributed by atoms with Crippen molar-refractivity contribution in [3.05, 3.63) is 59.7 Å². The van der Waals surface area contributed by atoms with E-state index in [4.69, 9.17) is 0 Å². The lowest BCUT2D eigenvalue weighted by molar-refractivity contribution is -0.123. The number of anilines is 1. The van der Waals surface area contributed by atoms with E-state index in [1.807, 2.05) is 42.5 Å². The highest BCUT2D eigenvalue weighted by Gasteiger charge is 2.33. The van der Waals surface area contributed by atoms with E-state index in [0.29, 0.717) is 30.8 Å². The van der Waals surface area contributed by atoms with E-state index in [2.05, 4.69) is 0 Å². The Morgan fingerprint density at radius 2 is 1.62 bits per heavy atom. The number of piperidine rings is 1. The molecule has 0 saturated carbocycles. The van der Waals surface area contributed by atoms with E-state index >= 15 is 0 Å². The molecule has 2 aromatic rings. The Labute approximate surface area is 173 Å². The number of rotatable bonds is 4. The van der Waals surface area contributed by atoms with Crippen LogP contribution >= 0.6 is 0 Å². The summed E-state index contributed by atoms with van der Waals surface area (Å²) in [5.41, 5.74) is 3.32. The first kappa shape index (κ1) is 20.1. The Bertz CT molecular complexity index is 980. The largest absolute Gasteiger partial charge is 0.315 e. The van der Waals surface area contributed by atoms with Crippen molar-refractivity contribution in [2.75, 3.05) is 25.0 Å². The lowest BCUT2D eigenvalue weighted by Gasteiger charge is -2.32. The van der Waals surface area contributed by atoms with Crippen LogP contribution in [0.25, 0.3) is 0 Å². The van der Waals surface area contributed by atoms with Crippen LogP contribution in [0.4, 0.5) is 5.69 Å². The first-order valence-corrected chi connectivity index (χ1v) is 11.9. The molecule has 0 bridgehead atoms. The molecule has 1 amide bonds. The normalized spacial score (nSPS) is 18.2. The smallest absolute Gasteiger partial charge is 0.243 e. The van der Waals surface area contributed by atoms with Gasteiger partial charge in [0.15, 0.2) is 0 Å². The van der Waals surface area contributed by atoms with Gasteiger partial charge in [-0.2, -0.15) is 4.31 Å². The minimum Gasteiger partial charge on any atom is -0.315 e. The first-order valence-electron chi connectivity index (χ1n) is 10.4. The van der Waals surface area contributed by atoms with Crippen molar-refractivity contribution in [3.8, 4) is 0 Å². The number of carbonyl (C=O) groups is 1. The molecule has 29 heavy (non-hydrogen) atoms. The molecular weight excluding hydrogens is 384 g/mol. The van der Waals surface area contributed by atoms with Crippen molar-refractivity contribution in [1.82, 2.24) is 4.31 Å². The van der Waals surface area contributed by atoms with Crippen LogP contribution in [0.1, 0.15) is 36.8 Å². The second-order valence-corrected chi connectivity index (χ2v) is 9.99. The van der Waals surface area contributed by atoms with Crippen LogP contribution in [-0.4, -0.2) is 38.8 Å². The Hall–Kier alpha value is -2.18. The molecule has 2 aromatic carbocycles. The van der Waals surface area contributed by atoms with Gasteiger partial charge in [-0.15, -0.1) is 0 Å². The summed E-state index contributed by atoms with van der Waals surface area (Å²) in [6.45, 7) is 0.775. The standard InChI is InChI=1S/C23H28N2O3S/c1-24(21-9-3-2-4-10-21)23(26)19-13-15-25(16-14-19)29(27,28)22-12-11-18-7-5-6-8-20(18)17-22/h2-4,9-12,17,19H,5-8,13-16H2,1H3. The zero-order valence-corrected chi connectivity index (χ0v) is 17.7. The fourth-order valence-corrected chi connectivity index (χ4v) is 5.94. The van der Waals surface area contributed by atoms with Gasteiger partial charge in [-0.05, 0) is 73.9 Å². The van der Waals surface area contributed by atoms with Crippen molar-refractivity contribution in [1.29, 1.82) is 0 Å². The van der Waals surface area contributed by atoms with E-state index in [1.165, 1.54) is 17.5 Å². The molecule has 0 aromatic heterocycles. The molecule has 0 N–H and O–H groups in total. The van der Waals surface area contributed by atoms with Crippen molar-refractivity contribution >= 4 is 21.6 Å². The van der Waals surface area contributed by atoms with E-state index in [-0.39, 0.29) is 11.8 Å². The molecule has 0 atom stereocenters. The highest BCUT2D eigenvalue weighted by molar-refractivity contribution is 7.89. The number of amides is 1. The molecule has 154 valence electrons. The lowest BCUT2D eigenvalue weighted by Crippen LogP contribution is -2.43. The summed E-state index contributed by atoms with van der Waals surface area (Å²) in [4.78, 5) is 14.9. The van der Waals surface area contributed by atoms with Gasteiger partial charge in [0, 0.05) is 31.7 Å². The molecule has 1 saturated heterocycles. The van der Waals surface area contributed by atoms with Crippen molar-refractivity contribution < 1.29 is 13.2 Å².